The minimum Gasteiger partial charge on any atom is -0.508 e. The summed E-state index contributed by atoms with van der Waals surface area (Å²) in [6.45, 7) is 10.4. The molecular formula is C92H129N21O20S. The second-order valence-corrected chi connectivity index (χ2v) is 36.3. The van der Waals surface area contributed by atoms with Gasteiger partial charge >= 0.3 is 5.97 Å². The Labute approximate surface area is 780 Å². The number of benzene rings is 3. The number of H-pyrrole nitrogens is 3. The molecule has 42 heteroatoms. The lowest BCUT2D eigenvalue weighted by atomic mass is 9.98. The van der Waals surface area contributed by atoms with Crippen molar-refractivity contribution in [3.8, 4) is 5.75 Å². The topological polar surface area (TPSA) is 600 Å². The minimum absolute atomic E-state index is 0.0234. The molecule has 3 aliphatic rings. The van der Waals surface area contributed by atoms with Gasteiger partial charge in [0.05, 0.1) is 30.4 Å². The smallest absolute Gasteiger partial charge is 0.303 e. The molecule has 0 aliphatic carbocycles. The number of phenolic OH excluding ortho intramolecular Hbond substituents is 1. The van der Waals surface area contributed by atoms with Crippen LogP contribution in [0, 0.1) is 11.8 Å². The van der Waals surface area contributed by atoms with Gasteiger partial charge in [-0.3, -0.25) is 81.5 Å². The predicted octanol–water partition coefficient (Wildman–Crippen LogP) is -0.190. The Bertz CT molecular complexity index is 5140. The molecule has 3 aromatic carbocycles. The van der Waals surface area contributed by atoms with E-state index in [4.69, 9.17) is 11.5 Å². The van der Waals surface area contributed by atoms with Crippen molar-refractivity contribution in [2.24, 2.45) is 23.3 Å². The number of nitrogens with two attached hydrogens (primary N) is 2. The molecule has 15 atom stereocenters. The first-order valence-electron chi connectivity index (χ1n) is 45.5. The number of hydrogen-bond acceptors (Lipinski definition) is 22. The standard InChI is InChI=1S/C92H129N21O20S/c1-11-13-24-71-84(125)103-65(36-50(3)4)81(122)107-70(80(121)98-45-75(94)116)47-134-48-76(117)100-68(37-53-27-29-57(114)30-28-53)88(129)109(8)52(7)79(120)101-64(33-34-93)90(131)112-35-19-26-72(112)85(126)105-67(40-56-44-95-49-99-56)82(123)102-63(31-32-77(118)119)91(132)113-46-58(115)41-74(113)86(127)104-66(38-54-42-96-61-22-17-15-20-59(54)61)83(124)108-78(51(5)6)87(128)106-69(39-55-43-97-62-23-18-16-21-60(55)62)89(130)111(10)73(25-14-12-2)92(133)110(71)9/h15-18,20-23,27-30,42-44,49-52,58,63-74,78,96-97,114-115H,11-14,19,24-26,31-41,45-48,93H2,1-10H3,(H2,94,116)(H,95,99)(H,98,121)(H,100,117)(H,101,120)(H,102,123)(H,103,125)(H,104,127)(H,105,126)(H,106,128)(H,107,122)(H,108,124)(H,118,119)/t52-,58+,63-,64-,65-,66-,67-,68-,69-,70-,71-,72-,73-,74-,78-/m0/s1. The van der Waals surface area contributed by atoms with Gasteiger partial charge in [0.2, 0.25) is 94.5 Å². The number of carbonyl (C=O) groups is 17. The molecule has 20 N–H and O–H groups in total. The molecule has 0 radical (unpaired) electrons. The third-order valence-corrected chi connectivity index (χ3v) is 25.5. The number of fused-ring (bicyclic) bond motifs is 4. The number of carboxylic acid groups (broad SMARTS) is 1. The summed E-state index contributed by atoms with van der Waals surface area (Å²) in [4.78, 5) is 269. The minimum atomic E-state index is -1.79. The average molecular weight is 1880 g/mol. The number of aromatic hydroxyl groups is 1. The summed E-state index contributed by atoms with van der Waals surface area (Å²) in [7, 11) is 4.07. The number of carbonyl (C=O) groups excluding carboxylic acids is 16. The number of carboxylic acids is 1. The number of aliphatic hydroxyl groups is 1. The van der Waals surface area contributed by atoms with Crippen molar-refractivity contribution in [2.75, 3.05) is 58.8 Å². The molecular weight excluding hydrogens is 1750 g/mol. The van der Waals surface area contributed by atoms with E-state index in [-0.39, 0.29) is 100 Å². The van der Waals surface area contributed by atoms with E-state index in [1.807, 2.05) is 26.0 Å². The summed E-state index contributed by atoms with van der Waals surface area (Å²) in [5.74, 6) is -17.6. The lowest BCUT2D eigenvalue weighted by Crippen LogP contribution is -2.62. The van der Waals surface area contributed by atoms with Crippen molar-refractivity contribution < 1.29 is 96.8 Å². The number of likely N-dealkylation sites (N-methyl/N-ethyl adjacent to an activating group) is 3. The summed E-state index contributed by atoms with van der Waals surface area (Å²) in [6.07, 6.45) is 3.66. The summed E-state index contributed by atoms with van der Waals surface area (Å²) < 4.78 is 0. The number of rotatable bonds is 25. The van der Waals surface area contributed by atoms with E-state index in [0.717, 1.165) is 21.6 Å². The predicted molar refractivity (Wildman–Crippen MR) is 495 cm³/mol. The number of imidazole rings is 1. The van der Waals surface area contributed by atoms with E-state index in [1.54, 1.807) is 76.5 Å². The number of thioether (sulfide) groups is 1. The third kappa shape index (κ3) is 28.5. The summed E-state index contributed by atoms with van der Waals surface area (Å²) in [5.41, 5.74) is 14.6. The highest BCUT2D eigenvalue weighted by Crippen LogP contribution is 2.28. The first-order valence-corrected chi connectivity index (χ1v) is 46.7. The lowest BCUT2D eigenvalue weighted by molar-refractivity contribution is -0.149. The average Bonchev–Trinajstić information content (AvgIpc) is 1.73. The SMILES string of the molecule is CCCC[C@H]1C(=O)N(C)[C@@H](CCCC)C(=O)N[C@@H](CC(C)C)C(=O)N[C@H](C(=O)NCC(N)=O)CSCC(=O)N[C@@H](Cc2ccc(O)cc2)C(=O)N(C)[C@@H](C)C(=O)N[C@@H](CCN)C(=O)N2CCC[C@H]2C(=O)N[C@@H](Cc2c[nH]cn2)C(=O)N[C@@H](CCC(=O)O)C(=O)N2C[C@H](O)C[C@H]2C(=O)N[C@@H](Cc2c[nH]c3ccccc23)C(=O)N[C@@H](C(C)C)C(=O)N[C@@H](Cc2c[nH]c3ccccc23)C(=O)N1C. The normalized spacial score (nSPS) is 25.0. The molecule has 0 spiro atoms. The zero-order valence-corrected chi connectivity index (χ0v) is 78.2. The maximum Gasteiger partial charge on any atom is 0.303 e. The van der Waals surface area contributed by atoms with Crippen LogP contribution in [0.15, 0.2) is 97.7 Å². The van der Waals surface area contributed by atoms with Gasteiger partial charge in [0.25, 0.3) is 0 Å². The maximum atomic E-state index is 15.9. The van der Waals surface area contributed by atoms with Crippen molar-refractivity contribution in [2.45, 2.75) is 248 Å². The Morgan fingerprint density at radius 3 is 1.69 bits per heavy atom. The number of phenols is 1. The van der Waals surface area contributed by atoms with Crippen molar-refractivity contribution in [3.63, 3.8) is 0 Å². The largest absolute Gasteiger partial charge is 0.508 e. The molecule has 0 bridgehead atoms. The van der Waals surface area contributed by atoms with E-state index < -0.39 is 235 Å². The molecule has 3 saturated heterocycles. The fraction of sp³-hybridized carbons (Fsp3) is 0.543. The summed E-state index contributed by atoms with van der Waals surface area (Å²) in [6, 6.07) is -0.889. The molecule has 16 amide bonds. The number of nitrogens with one attached hydrogen (secondary N) is 13. The zero-order valence-electron chi connectivity index (χ0n) is 77.3. The Morgan fingerprint density at radius 1 is 0.560 bits per heavy atom. The van der Waals surface area contributed by atoms with Crippen LogP contribution in [0.3, 0.4) is 0 Å². The molecule has 728 valence electrons. The first-order chi connectivity index (χ1) is 63.8. The Kier molecular flexibility index (Phi) is 38.8. The molecule has 6 heterocycles. The molecule has 0 unspecified atom stereocenters. The Hall–Kier alpha value is -13.0. The van der Waals surface area contributed by atoms with Gasteiger partial charge in [-0.15, -0.1) is 11.8 Å². The molecule has 41 nitrogen and oxygen atoms in total. The fourth-order valence-electron chi connectivity index (χ4n) is 16.9. The Morgan fingerprint density at radius 2 is 1.10 bits per heavy atom. The van der Waals surface area contributed by atoms with Crippen LogP contribution in [-0.2, 0) is 107 Å². The van der Waals surface area contributed by atoms with Gasteiger partial charge < -0.3 is 119 Å². The van der Waals surface area contributed by atoms with Gasteiger partial charge in [-0.05, 0) is 111 Å². The van der Waals surface area contributed by atoms with Crippen LogP contribution >= 0.6 is 11.8 Å². The number of para-hydroxylation sites is 2. The van der Waals surface area contributed by atoms with Crippen LogP contribution in [0.4, 0.5) is 0 Å². The molecule has 3 aliphatic heterocycles. The van der Waals surface area contributed by atoms with Crippen molar-refractivity contribution in [1.29, 1.82) is 0 Å². The maximum absolute atomic E-state index is 15.9. The number of nitrogens with zero attached hydrogens (tertiary/aromatic N) is 6. The fourth-order valence-corrected chi connectivity index (χ4v) is 17.7. The Balaban J connectivity index is 1.10. The van der Waals surface area contributed by atoms with Crippen LogP contribution in [0.5, 0.6) is 5.75 Å². The van der Waals surface area contributed by atoms with Gasteiger partial charge in [0, 0.05) is 119 Å². The number of primary amides is 1. The third-order valence-electron chi connectivity index (χ3n) is 24.5. The highest BCUT2D eigenvalue weighted by atomic mass is 32.2. The van der Waals surface area contributed by atoms with Crippen molar-refractivity contribution in [3.05, 3.63) is 120 Å². The molecule has 0 saturated carbocycles. The van der Waals surface area contributed by atoms with Crippen molar-refractivity contribution in [1.82, 2.24) is 97.6 Å². The van der Waals surface area contributed by atoms with Gasteiger partial charge in [-0.1, -0.05) is 116 Å². The van der Waals surface area contributed by atoms with E-state index in [1.165, 1.54) is 79.6 Å². The highest BCUT2D eigenvalue weighted by molar-refractivity contribution is 8.00. The summed E-state index contributed by atoms with van der Waals surface area (Å²) in [5, 5.41) is 60.2. The van der Waals surface area contributed by atoms with Crippen LogP contribution in [-0.4, -0.2) is 310 Å². The monoisotopic (exact) mass is 1880 g/mol. The number of amides is 16. The number of aromatic nitrogens is 4. The van der Waals surface area contributed by atoms with E-state index in [0.29, 0.717) is 64.2 Å². The zero-order chi connectivity index (χ0) is 97.9. The van der Waals surface area contributed by atoms with Gasteiger partial charge in [0.1, 0.15) is 90.3 Å². The van der Waals surface area contributed by atoms with E-state index in [9.17, 15) is 58.5 Å². The molecule has 3 aromatic heterocycles. The molecule has 3 fully saturated rings. The van der Waals surface area contributed by atoms with Crippen molar-refractivity contribution >= 4 is 134 Å². The van der Waals surface area contributed by atoms with E-state index >= 15 is 38.4 Å². The van der Waals surface area contributed by atoms with Gasteiger partial charge in [-0.25, -0.2) is 4.98 Å². The number of aliphatic carboxylic acids is 1. The van der Waals surface area contributed by atoms with Crippen LogP contribution in [0.25, 0.3) is 21.8 Å². The first kappa shape index (κ1) is 105. The van der Waals surface area contributed by atoms with Gasteiger partial charge in [0.15, 0.2) is 0 Å². The second kappa shape index (κ2) is 49.7. The quantitative estimate of drug-likeness (QED) is 0.0353. The highest BCUT2D eigenvalue weighted by Gasteiger charge is 2.47. The number of aromatic amines is 3. The van der Waals surface area contributed by atoms with Crippen LogP contribution in [0.1, 0.15) is 154 Å². The second-order valence-electron chi connectivity index (χ2n) is 35.3. The number of unbranched alkanes of at least 4 members (excludes halogenated alkanes) is 2. The molecule has 9 rings (SSSR count). The lowest BCUT2D eigenvalue weighted by Gasteiger charge is -2.36. The summed E-state index contributed by atoms with van der Waals surface area (Å²) >= 11 is 0.818. The number of aliphatic hydroxyl groups excluding tert-OH is 1. The number of hydrogen-bond donors (Lipinski definition) is 18. The van der Waals surface area contributed by atoms with Crippen LogP contribution < -0.4 is 64.6 Å². The van der Waals surface area contributed by atoms with Crippen LogP contribution in [0.2, 0.25) is 0 Å². The molecule has 6 aromatic rings. The van der Waals surface area contributed by atoms with E-state index in [2.05, 4.69) is 73.1 Å². The van der Waals surface area contributed by atoms with Gasteiger partial charge in [-0.2, -0.15) is 0 Å². The molecule has 134 heavy (non-hydrogen) atoms.